The van der Waals surface area contributed by atoms with E-state index in [-0.39, 0.29) is 23.2 Å². The quantitative estimate of drug-likeness (QED) is 0.241. The Balaban J connectivity index is 1.58. The van der Waals surface area contributed by atoms with Crippen LogP contribution < -0.4 is 0 Å². The topological polar surface area (TPSA) is 57.6 Å². The van der Waals surface area contributed by atoms with Gasteiger partial charge >= 0.3 is 12.1 Å². The molecule has 0 aliphatic heterocycles. The van der Waals surface area contributed by atoms with Gasteiger partial charge in [0.1, 0.15) is 0 Å². The van der Waals surface area contributed by atoms with E-state index in [2.05, 4.69) is 0 Å². The molecule has 200 valence electrons. The molecule has 0 saturated carbocycles. The van der Waals surface area contributed by atoms with Crippen molar-refractivity contribution in [2.24, 2.45) is 0 Å². The molecule has 0 saturated heterocycles. The number of hydrogen-bond donors (Lipinski definition) is 1. The Hall–Kier alpha value is -4.39. The number of carboxylic acids is 1. The van der Waals surface area contributed by atoms with Crippen molar-refractivity contribution >= 4 is 11.9 Å². The summed E-state index contributed by atoms with van der Waals surface area (Å²) in [7, 11) is 0. The van der Waals surface area contributed by atoms with Gasteiger partial charge in [-0.25, -0.2) is 4.79 Å². The van der Waals surface area contributed by atoms with Crippen molar-refractivity contribution in [1.82, 2.24) is 4.90 Å². The second-order valence-corrected chi connectivity index (χ2v) is 9.39. The summed E-state index contributed by atoms with van der Waals surface area (Å²) >= 11 is 0. The van der Waals surface area contributed by atoms with Gasteiger partial charge in [0.25, 0.3) is 5.91 Å². The first-order chi connectivity index (χ1) is 18.6. The molecule has 0 atom stereocenters. The van der Waals surface area contributed by atoms with Gasteiger partial charge < -0.3 is 10.0 Å². The Morgan fingerprint density at radius 1 is 0.821 bits per heavy atom. The molecule has 7 heteroatoms. The molecule has 4 rings (SSSR count). The number of benzene rings is 4. The van der Waals surface area contributed by atoms with Crippen molar-refractivity contribution in [3.8, 4) is 11.1 Å². The van der Waals surface area contributed by atoms with Crippen molar-refractivity contribution in [3.05, 3.63) is 130 Å². The first-order valence-electron chi connectivity index (χ1n) is 12.6. The van der Waals surface area contributed by atoms with E-state index in [0.717, 1.165) is 23.6 Å². The van der Waals surface area contributed by atoms with Crippen LogP contribution in [-0.4, -0.2) is 28.4 Å². The Morgan fingerprint density at radius 2 is 1.49 bits per heavy atom. The van der Waals surface area contributed by atoms with E-state index >= 15 is 0 Å². The molecule has 0 unspecified atom stereocenters. The van der Waals surface area contributed by atoms with E-state index in [1.807, 2.05) is 42.5 Å². The van der Waals surface area contributed by atoms with Gasteiger partial charge in [0, 0.05) is 18.7 Å². The van der Waals surface area contributed by atoms with Crippen molar-refractivity contribution in [1.29, 1.82) is 0 Å². The van der Waals surface area contributed by atoms with E-state index < -0.39 is 23.6 Å². The molecule has 1 amide bonds. The highest BCUT2D eigenvalue weighted by atomic mass is 19.4. The third-order valence-electron chi connectivity index (χ3n) is 6.61. The molecule has 0 radical (unpaired) electrons. The van der Waals surface area contributed by atoms with E-state index in [1.54, 1.807) is 35.2 Å². The monoisotopic (exact) mass is 531 g/mol. The van der Waals surface area contributed by atoms with Crippen LogP contribution in [0.25, 0.3) is 11.1 Å². The summed E-state index contributed by atoms with van der Waals surface area (Å²) in [6, 6.07) is 27.4. The number of aryl methyl sites for hydroxylation is 2. The summed E-state index contributed by atoms with van der Waals surface area (Å²) < 4.78 is 40.6. The Bertz CT molecular complexity index is 1450. The van der Waals surface area contributed by atoms with Crippen molar-refractivity contribution in [3.63, 3.8) is 0 Å². The molecule has 0 aliphatic rings. The van der Waals surface area contributed by atoms with Crippen molar-refractivity contribution in [2.45, 2.75) is 32.5 Å². The first-order valence-corrected chi connectivity index (χ1v) is 12.6. The summed E-state index contributed by atoms with van der Waals surface area (Å²) in [5.74, 6) is -1.50. The molecular formula is C32H28F3NO3. The minimum Gasteiger partial charge on any atom is -0.478 e. The molecule has 4 aromatic rings. The lowest BCUT2D eigenvalue weighted by molar-refractivity contribution is -0.138. The van der Waals surface area contributed by atoms with E-state index in [0.29, 0.717) is 24.1 Å². The Kier molecular flexibility index (Phi) is 8.49. The zero-order chi connectivity index (χ0) is 28.0. The van der Waals surface area contributed by atoms with Gasteiger partial charge in [-0.2, -0.15) is 13.2 Å². The van der Waals surface area contributed by atoms with E-state index in [1.165, 1.54) is 25.1 Å². The molecule has 39 heavy (non-hydrogen) atoms. The summed E-state index contributed by atoms with van der Waals surface area (Å²) in [5.41, 5.74) is 2.59. The van der Waals surface area contributed by atoms with Gasteiger partial charge in [-0.1, -0.05) is 78.9 Å². The first kappa shape index (κ1) is 27.6. The minimum atomic E-state index is -4.55. The molecule has 4 nitrogen and oxygen atoms in total. The second kappa shape index (κ2) is 12.0. The van der Waals surface area contributed by atoms with Gasteiger partial charge in [0.15, 0.2) is 0 Å². The Labute approximate surface area is 225 Å². The number of carbonyl (C=O) groups is 2. The van der Waals surface area contributed by atoms with Crippen LogP contribution in [0.1, 0.15) is 49.4 Å². The molecule has 1 N–H and O–H groups in total. The molecule has 0 aliphatic carbocycles. The average molecular weight is 532 g/mol. The average Bonchev–Trinajstić information content (AvgIpc) is 2.92. The molecular weight excluding hydrogens is 503 g/mol. The lowest BCUT2D eigenvalue weighted by atomic mass is 9.98. The number of nitrogens with zero attached hydrogens (tertiary/aromatic N) is 1. The summed E-state index contributed by atoms with van der Waals surface area (Å²) in [6.07, 6.45) is -3.20. The summed E-state index contributed by atoms with van der Waals surface area (Å²) in [5, 5.41) is 9.51. The zero-order valence-corrected chi connectivity index (χ0v) is 21.4. The SMILES string of the molecule is Cc1ccc(C(=O)N(CCCc2ccccc2)Cc2ccc(-c3ccccc3C(=O)O)cc2)cc1C(F)(F)F. The van der Waals surface area contributed by atoms with Gasteiger partial charge in [0.2, 0.25) is 0 Å². The van der Waals surface area contributed by atoms with Crippen LogP contribution in [0.15, 0.2) is 97.1 Å². The highest BCUT2D eigenvalue weighted by Gasteiger charge is 2.33. The molecule has 0 fully saturated rings. The van der Waals surface area contributed by atoms with Gasteiger partial charge in [-0.3, -0.25) is 4.79 Å². The largest absolute Gasteiger partial charge is 0.478 e. The van der Waals surface area contributed by atoms with Crippen LogP contribution in [0.4, 0.5) is 13.2 Å². The predicted molar refractivity (Wildman–Crippen MR) is 145 cm³/mol. The molecule has 0 bridgehead atoms. The fourth-order valence-corrected chi connectivity index (χ4v) is 4.55. The summed E-state index contributed by atoms with van der Waals surface area (Å²) in [4.78, 5) is 26.7. The van der Waals surface area contributed by atoms with Gasteiger partial charge in [-0.05, 0) is 65.8 Å². The number of alkyl halides is 3. The number of aromatic carboxylic acids is 1. The standard InChI is InChI=1S/C32H28F3NO3/c1-22-13-16-26(20-29(22)32(33,34)35)30(37)36(19-7-10-23-8-3-2-4-9-23)21-24-14-17-25(18-15-24)27-11-5-6-12-28(27)31(38)39/h2-6,8-9,11-18,20H,7,10,19,21H2,1H3,(H,38,39). The molecule has 0 aromatic heterocycles. The maximum atomic E-state index is 13.5. The maximum Gasteiger partial charge on any atom is 0.416 e. The predicted octanol–water partition coefficient (Wildman–Crippen LogP) is 7.65. The summed E-state index contributed by atoms with van der Waals surface area (Å²) in [6.45, 7) is 1.93. The second-order valence-electron chi connectivity index (χ2n) is 9.39. The molecule has 0 spiro atoms. The lowest BCUT2D eigenvalue weighted by Crippen LogP contribution is -2.32. The number of carbonyl (C=O) groups excluding carboxylic acids is 1. The van der Waals surface area contributed by atoms with Gasteiger partial charge in [0.05, 0.1) is 11.1 Å². The minimum absolute atomic E-state index is 0.0142. The van der Waals surface area contributed by atoms with Crippen LogP contribution in [0, 0.1) is 6.92 Å². The van der Waals surface area contributed by atoms with Crippen LogP contribution in [0.5, 0.6) is 0 Å². The third kappa shape index (κ3) is 6.93. The van der Waals surface area contributed by atoms with Crippen LogP contribution in [0.3, 0.4) is 0 Å². The fraction of sp³-hybridized carbons (Fsp3) is 0.188. The van der Waals surface area contributed by atoms with Crippen LogP contribution in [-0.2, 0) is 19.1 Å². The number of rotatable bonds is 9. The maximum absolute atomic E-state index is 13.5. The number of halogens is 3. The number of amides is 1. The van der Waals surface area contributed by atoms with Crippen LogP contribution >= 0.6 is 0 Å². The van der Waals surface area contributed by atoms with Crippen LogP contribution in [0.2, 0.25) is 0 Å². The Morgan fingerprint density at radius 3 is 2.15 bits per heavy atom. The van der Waals surface area contributed by atoms with Gasteiger partial charge in [-0.15, -0.1) is 0 Å². The number of carboxylic acid groups (broad SMARTS) is 1. The molecule has 0 heterocycles. The zero-order valence-electron chi connectivity index (χ0n) is 21.4. The molecule has 4 aromatic carbocycles. The lowest BCUT2D eigenvalue weighted by Gasteiger charge is -2.24. The van der Waals surface area contributed by atoms with E-state index in [4.69, 9.17) is 0 Å². The highest BCUT2D eigenvalue weighted by molar-refractivity contribution is 5.96. The highest BCUT2D eigenvalue weighted by Crippen LogP contribution is 2.33. The fourth-order valence-electron chi connectivity index (χ4n) is 4.55. The van der Waals surface area contributed by atoms with Crippen molar-refractivity contribution in [2.75, 3.05) is 6.54 Å². The van der Waals surface area contributed by atoms with E-state index in [9.17, 15) is 27.9 Å². The van der Waals surface area contributed by atoms with Crippen molar-refractivity contribution < 1.29 is 27.9 Å². The normalized spacial score (nSPS) is 11.3. The third-order valence-corrected chi connectivity index (χ3v) is 6.61. The smallest absolute Gasteiger partial charge is 0.416 e. The number of hydrogen-bond acceptors (Lipinski definition) is 2.